The molecule has 4 nitrogen and oxygen atoms in total. The predicted octanol–water partition coefficient (Wildman–Crippen LogP) is 2.52. The lowest BCUT2D eigenvalue weighted by Crippen LogP contribution is -2.21. The Kier molecular flexibility index (Phi) is 5.79. The molecule has 0 amide bonds. The molecule has 0 spiro atoms. The van der Waals surface area contributed by atoms with Crippen molar-refractivity contribution in [2.24, 2.45) is 0 Å². The van der Waals surface area contributed by atoms with E-state index in [0.717, 1.165) is 11.7 Å². The molecule has 1 aromatic rings. The molecule has 8 heteroatoms. The van der Waals surface area contributed by atoms with Crippen LogP contribution >= 0.6 is 11.3 Å². The molecular formula is C8H11F3N2O2S. The Balaban J connectivity index is 0.000000293. The first kappa shape index (κ1) is 14.7. The molecule has 0 saturated carbocycles. The van der Waals surface area contributed by atoms with Crippen LogP contribution in [0.1, 0.15) is 11.8 Å². The molecule has 16 heavy (non-hydrogen) atoms. The Labute approximate surface area is 94.1 Å². The second-order valence-corrected chi connectivity index (χ2v) is 3.84. The molecular weight excluding hydrogens is 245 g/mol. The predicted molar refractivity (Wildman–Crippen MR) is 54.7 cm³/mol. The van der Waals surface area contributed by atoms with Crippen molar-refractivity contribution >= 4 is 22.4 Å². The monoisotopic (exact) mass is 256 g/mol. The summed E-state index contributed by atoms with van der Waals surface area (Å²) < 4.78 is 31.7. The second-order valence-electron chi connectivity index (χ2n) is 2.61. The van der Waals surface area contributed by atoms with Gasteiger partial charge in [0.2, 0.25) is 0 Å². The number of nitrogens with one attached hydrogen (secondary N) is 1. The summed E-state index contributed by atoms with van der Waals surface area (Å²) in [4.78, 5) is 14.3. The van der Waals surface area contributed by atoms with Crippen molar-refractivity contribution in [2.45, 2.75) is 20.0 Å². The largest absolute Gasteiger partial charge is 0.490 e. The van der Waals surface area contributed by atoms with Gasteiger partial charge in [0.05, 0.1) is 0 Å². The van der Waals surface area contributed by atoms with Gasteiger partial charge in [0.15, 0.2) is 5.13 Å². The van der Waals surface area contributed by atoms with Crippen LogP contribution in [0.3, 0.4) is 0 Å². The van der Waals surface area contributed by atoms with Gasteiger partial charge in [-0.2, -0.15) is 13.2 Å². The van der Waals surface area contributed by atoms with Gasteiger partial charge in [0.25, 0.3) is 0 Å². The smallest absolute Gasteiger partial charge is 0.475 e. The van der Waals surface area contributed by atoms with E-state index < -0.39 is 12.1 Å². The van der Waals surface area contributed by atoms with Crippen LogP contribution < -0.4 is 5.32 Å². The first-order valence-corrected chi connectivity index (χ1v) is 5.05. The number of aromatic nitrogens is 1. The zero-order chi connectivity index (χ0) is 12.8. The van der Waals surface area contributed by atoms with E-state index in [2.05, 4.69) is 24.1 Å². The summed E-state index contributed by atoms with van der Waals surface area (Å²) in [5.74, 6) is -2.76. The van der Waals surface area contributed by atoms with Crippen molar-refractivity contribution in [1.82, 2.24) is 4.98 Å². The molecule has 0 unspecified atom stereocenters. The summed E-state index contributed by atoms with van der Waals surface area (Å²) in [6, 6.07) is 0. The van der Waals surface area contributed by atoms with Gasteiger partial charge in [0, 0.05) is 17.6 Å². The maximum absolute atomic E-state index is 10.6. The third-order valence-electron chi connectivity index (χ3n) is 1.19. The van der Waals surface area contributed by atoms with E-state index in [4.69, 9.17) is 9.90 Å². The minimum absolute atomic E-state index is 0.951. The average Bonchev–Trinajstić information content (AvgIpc) is 2.51. The number of carboxylic acid groups (broad SMARTS) is 1. The zero-order valence-electron chi connectivity index (χ0n) is 8.63. The number of aryl methyl sites for hydroxylation is 1. The van der Waals surface area contributed by atoms with Crippen molar-refractivity contribution in [3.05, 3.63) is 11.1 Å². The highest BCUT2D eigenvalue weighted by Crippen LogP contribution is 2.15. The fraction of sp³-hybridized carbons (Fsp3) is 0.500. The van der Waals surface area contributed by atoms with E-state index in [-0.39, 0.29) is 0 Å². The number of carboxylic acids is 1. The number of alkyl halides is 3. The van der Waals surface area contributed by atoms with Crippen LogP contribution in [0.2, 0.25) is 0 Å². The Bertz CT molecular complexity index is 338. The quantitative estimate of drug-likeness (QED) is 0.853. The number of halogens is 3. The fourth-order valence-corrected chi connectivity index (χ4v) is 1.32. The molecule has 92 valence electrons. The van der Waals surface area contributed by atoms with E-state index in [0.29, 0.717) is 0 Å². The summed E-state index contributed by atoms with van der Waals surface area (Å²) in [6.07, 6.45) is -3.21. The van der Waals surface area contributed by atoms with Gasteiger partial charge < -0.3 is 10.4 Å². The number of hydrogen-bond acceptors (Lipinski definition) is 4. The van der Waals surface area contributed by atoms with E-state index in [1.807, 2.05) is 6.20 Å². The summed E-state index contributed by atoms with van der Waals surface area (Å²) in [5, 5.41) is 11.3. The van der Waals surface area contributed by atoms with E-state index >= 15 is 0 Å². The minimum Gasteiger partial charge on any atom is -0.475 e. The van der Waals surface area contributed by atoms with Crippen molar-refractivity contribution in [3.8, 4) is 0 Å². The number of hydrogen-bond donors (Lipinski definition) is 2. The first-order chi connectivity index (χ1) is 7.27. The summed E-state index contributed by atoms with van der Waals surface area (Å²) in [7, 11) is 0. The van der Waals surface area contributed by atoms with Crippen LogP contribution in [0, 0.1) is 6.92 Å². The average molecular weight is 256 g/mol. The summed E-state index contributed by atoms with van der Waals surface area (Å²) in [6.45, 7) is 5.07. The molecule has 0 radical (unpaired) electrons. The fourth-order valence-electron chi connectivity index (χ4n) is 0.588. The molecule has 0 fully saturated rings. The van der Waals surface area contributed by atoms with Gasteiger partial charge in [-0.1, -0.05) is 0 Å². The maximum Gasteiger partial charge on any atom is 0.490 e. The van der Waals surface area contributed by atoms with Gasteiger partial charge in [0.1, 0.15) is 0 Å². The molecule has 0 saturated heterocycles. The van der Waals surface area contributed by atoms with Gasteiger partial charge in [-0.25, -0.2) is 9.78 Å². The third kappa shape index (κ3) is 6.23. The number of rotatable bonds is 2. The van der Waals surface area contributed by atoms with E-state index in [1.54, 1.807) is 11.3 Å². The lowest BCUT2D eigenvalue weighted by molar-refractivity contribution is -0.192. The van der Waals surface area contributed by atoms with E-state index in [1.165, 1.54) is 4.88 Å². The van der Waals surface area contributed by atoms with Gasteiger partial charge in [-0.15, -0.1) is 11.3 Å². The SMILES string of the molecule is CCNc1ncc(C)s1.O=C(O)C(F)(F)F. The molecule has 1 aromatic heterocycles. The number of aliphatic carboxylic acids is 1. The molecule has 0 bridgehead atoms. The molecule has 0 aliphatic rings. The lowest BCUT2D eigenvalue weighted by atomic mass is 10.7. The van der Waals surface area contributed by atoms with Crippen molar-refractivity contribution in [3.63, 3.8) is 0 Å². The highest BCUT2D eigenvalue weighted by molar-refractivity contribution is 7.15. The van der Waals surface area contributed by atoms with E-state index in [9.17, 15) is 13.2 Å². The van der Waals surface area contributed by atoms with Crippen molar-refractivity contribution < 1.29 is 23.1 Å². The number of anilines is 1. The van der Waals surface area contributed by atoms with Crippen molar-refractivity contribution in [1.29, 1.82) is 0 Å². The molecule has 2 N–H and O–H groups in total. The van der Waals surface area contributed by atoms with Crippen LogP contribution in [-0.4, -0.2) is 28.8 Å². The second kappa shape index (κ2) is 6.31. The Morgan fingerprint density at radius 2 is 2.12 bits per heavy atom. The Morgan fingerprint density at radius 1 is 1.62 bits per heavy atom. The van der Waals surface area contributed by atoms with Crippen LogP contribution in [0.15, 0.2) is 6.20 Å². The summed E-state index contributed by atoms with van der Waals surface area (Å²) in [5.41, 5.74) is 0. The normalized spacial score (nSPS) is 10.3. The lowest BCUT2D eigenvalue weighted by Gasteiger charge is -1.93. The highest BCUT2D eigenvalue weighted by atomic mass is 32.1. The Morgan fingerprint density at radius 3 is 2.38 bits per heavy atom. The minimum atomic E-state index is -5.08. The van der Waals surface area contributed by atoms with Crippen LogP contribution in [-0.2, 0) is 4.79 Å². The molecule has 0 aliphatic carbocycles. The van der Waals surface area contributed by atoms with Gasteiger partial charge >= 0.3 is 12.1 Å². The molecule has 1 heterocycles. The van der Waals surface area contributed by atoms with Gasteiger partial charge in [-0.3, -0.25) is 0 Å². The van der Waals surface area contributed by atoms with Crippen LogP contribution in [0.25, 0.3) is 0 Å². The topological polar surface area (TPSA) is 62.2 Å². The van der Waals surface area contributed by atoms with Gasteiger partial charge in [-0.05, 0) is 13.8 Å². The standard InChI is InChI=1S/C6H10N2S.C2HF3O2/c1-3-7-6-8-4-5(2)9-6;3-2(4,5)1(6)7/h4H,3H2,1-2H3,(H,7,8);(H,6,7). The number of carbonyl (C=O) groups is 1. The zero-order valence-corrected chi connectivity index (χ0v) is 9.45. The maximum atomic E-state index is 10.6. The molecule has 0 aliphatic heterocycles. The molecule has 1 rings (SSSR count). The summed E-state index contributed by atoms with van der Waals surface area (Å²) >= 11 is 1.69. The highest BCUT2D eigenvalue weighted by Gasteiger charge is 2.38. The Hall–Kier alpha value is -1.31. The number of thiazole rings is 1. The molecule has 0 aromatic carbocycles. The van der Waals surface area contributed by atoms with Crippen LogP contribution in [0.5, 0.6) is 0 Å². The number of nitrogens with zero attached hydrogens (tertiary/aromatic N) is 1. The van der Waals surface area contributed by atoms with Crippen LogP contribution in [0.4, 0.5) is 18.3 Å². The molecule has 0 atom stereocenters. The van der Waals surface area contributed by atoms with Crippen molar-refractivity contribution in [2.75, 3.05) is 11.9 Å². The first-order valence-electron chi connectivity index (χ1n) is 4.23. The third-order valence-corrected chi connectivity index (χ3v) is 2.06.